The molecule has 12 heavy (non-hydrogen) atoms. The molecule has 0 aliphatic carbocycles. The van der Waals surface area contributed by atoms with Crippen LogP contribution in [0.5, 0.6) is 0 Å². The largest absolute Gasteiger partial charge is 0.243 e. The summed E-state index contributed by atoms with van der Waals surface area (Å²) in [5.41, 5.74) is 0.527. The maximum atomic E-state index is 8.30. The summed E-state index contributed by atoms with van der Waals surface area (Å²) in [7, 11) is 0. The van der Waals surface area contributed by atoms with Crippen molar-refractivity contribution in [2.24, 2.45) is 0 Å². The smallest absolute Gasteiger partial charge is 0.129 e. The number of halogens is 3. The number of nitrogens with zero attached hydrogens (tertiary/aromatic N) is 2. The number of aromatic nitrogens is 1. The van der Waals surface area contributed by atoms with Crippen molar-refractivity contribution in [3.63, 3.8) is 0 Å². The van der Waals surface area contributed by atoms with Crippen molar-refractivity contribution in [2.45, 2.75) is 7.43 Å². The van der Waals surface area contributed by atoms with Gasteiger partial charge in [-0.3, -0.25) is 0 Å². The average molecular weight is 228 g/mol. The zero-order valence-corrected chi connectivity index (χ0v) is 7.71. The lowest BCUT2D eigenvalue weighted by Crippen LogP contribution is -1.75. The Morgan fingerprint density at radius 3 is 2.25 bits per heavy atom. The summed E-state index contributed by atoms with van der Waals surface area (Å²) in [4.78, 5) is 3.69. The molecule has 1 rings (SSSR count). The van der Waals surface area contributed by atoms with Crippen LogP contribution in [0.4, 0.5) is 0 Å². The quantitative estimate of drug-likeness (QED) is 0.639. The van der Waals surface area contributed by atoms with E-state index in [1.54, 1.807) is 12.1 Å². The van der Waals surface area contributed by atoms with Crippen LogP contribution in [0.15, 0.2) is 18.3 Å². The number of rotatable bonds is 0. The molecular formula is C7H9Cl3N2. The van der Waals surface area contributed by atoms with Gasteiger partial charge in [0.2, 0.25) is 0 Å². The van der Waals surface area contributed by atoms with Crippen molar-refractivity contribution < 1.29 is 0 Å². The molecule has 0 N–H and O–H groups in total. The molecule has 0 aliphatic heterocycles. The van der Waals surface area contributed by atoms with Crippen LogP contribution in [0.1, 0.15) is 13.0 Å². The molecule has 1 aromatic rings. The molecule has 0 atom stereocenters. The van der Waals surface area contributed by atoms with Crippen molar-refractivity contribution in [1.82, 2.24) is 4.98 Å². The molecule has 0 spiro atoms. The Balaban J connectivity index is -0.000000270. The van der Waals surface area contributed by atoms with E-state index in [1.165, 1.54) is 6.20 Å². The lowest BCUT2D eigenvalue weighted by molar-refractivity contribution is 1.30. The van der Waals surface area contributed by atoms with Gasteiger partial charge in [-0.1, -0.05) is 19.0 Å². The van der Waals surface area contributed by atoms with Gasteiger partial charge in [-0.2, -0.15) is 5.26 Å². The van der Waals surface area contributed by atoms with Gasteiger partial charge < -0.3 is 0 Å². The molecule has 1 heterocycles. The summed E-state index contributed by atoms with van der Waals surface area (Å²) in [6, 6.07) is 5.14. The SMILES string of the molecule is C.Cl.Cl.N#Cc1ccc(Cl)nc1. The van der Waals surface area contributed by atoms with Gasteiger partial charge in [-0.05, 0) is 12.1 Å². The first-order chi connectivity index (χ1) is 4.33. The van der Waals surface area contributed by atoms with Crippen LogP contribution >= 0.6 is 36.4 Å². The summed E-state index contributed by atoms with van der Waals surface area (Å²) >= 11 is 5.45. The van der Waals surface area contributed by atoms with Gasteiger partial charge in [-0.25, -0.2) is 4.98 Å². The third-order valence-corrected chi connectivity index (χ3v) is 1.08. The number of nitriles is 1. The fraction of sp³-hybridized carbons (Fsp3) is 0.143. The molecule has 0 saturated carbocycles. The summed E-state index contributed by atoms with van der Waals surface area (Å²) in [5.74, 6) is 0. The van der Waals surface area contributed by atoms with E-state index in [0.717, 1.165) is 0 Å². The predicted molar refractivity (Wildman–Crippen MR) is 55.2 cm³/mol. The minimum absolute atomic E-state index is 0. The van der Waals surface area contributed by atoms with E-state index in [2.05, 4.69) is 4.98 Å². The maximum absolute atomic E-state index is 8.30. The van der Waals surface area contributed by atoms with Crippen LogP contribution in [-0.2, 0) is 0 Å². The molecule has 2 nitrogen and oxygen atoms in total. The number of pyridine rings is 1. The fourth-order valence-corrected chi connectivity index (χ4v) is 0.554. The van der Waals surface area contributed by atoms with Crippen LogP contribution in [0.3, 0.4) is 0 Å². The van der Waals surface area contributed by atoms with Crippen molar-refractivity contribution in [2.75, 3.05) is 0 Å². The van der Waals surface area contributed by atoms with Crippen molar-refractivity contribution in [3.05, 3.63) is 29.0 Å². The van der Waals surface area contributed by atoms with Gasteiger partial charge >= 0.3 is 0 Å². The summed E-state index contributed by atoms with van der Waals surface area (Å²) < 4.78 is 0. The summed E-state index contributed by atoms with van der Waals surface area (Å²) in [6.45, 7) is 0. The Hall–Kier alpha value is -0.490. The molecule has 1 aromatic heterocycles. The Bertz CT molecular complexity index is 240. The van der Waals surface area contributed by atoms with Crippen LogP contribution in [0, 0.1) is 11.3 Å². The predicted octanol–water partition coefficient (Wildman–Crippen LogP) is 3.09. The van der Waals surface area contributed by atoms with Crippen LogP contribution in [0.2, 0.25) is 5.15 Å². The molecule has 0 radical (unpaired) electrons. The van der Waals surface area contributed by atoms with Crippen LogP contribution < -0.4 is 0 Å². The molecule has 0 aliphatic rings. The minimum Gasteiger partial charge on any atom is -0.243 e. The van der Waals surface area contributed by atoms with Crippen LogP contribution in [-0.4, -0.2) is 4.98 Å². The lowest BCUT2D eigenvalue weighted by Gasteiger charge is -1.85. The van der Waals surface area contributed by atoms with Gasteiger partial charge in [0, 0.05) is 6.20 Å². The third-order valence-electron chi connectivity index (χ3n) is 0.856. The topological polar surface area (TPSA) is 36.7 Å². The molecule has 5 heteroatoms. The average Bonchev–Trinajstić information content (AvgIpc) is 1.90. The zero-order valence-electron chi connectivity index (χ0n) is 5.32. The number of hydrogen-bond donors (Lipinski definition) is 0. The van der Waals surface area contributed by atoms with Crippen molar-refractivity contribution in [3.8, 4) is 6.07 Å². The normalized spacial score (nSPS) is 6.33. The van der Waals surface area contributed by atoms with E-state index in [-0.39, 0.29) is 32.2 Å². The Labute approximate surface area is 89.4 Å². The Morgan fingerprint density at radius 1 is 1.33 bits per heavy atom. The first-order valence-corrected chi connectivity index (χ1v) is 2.72. The van der Waals surface area contributed by atoms with Gasteiger partial charge in [0.1, 0.15) is 11.2 Å². The first kappa shape index (κ1) is 17.6. The van der Waals surface area contributed by atoms with E-state index in [4.69, 9.17) is 16.9 Å². The number of hydrogen-bond acceptors (Lipinski definition) is 2. The molecule has 0 bridgehead atoms. The molecule has 0 unspecified atom stereocenters. The van der Waals surface area contributed by atoms with Gasteiger partial charge in [0.25, 0.3) is 0 Å². The zero-order chi connectivity index (χ0) is 6.69. The van der Waals surface area contributed by atoms with E-state index < -0.39 is 0 Å². The second kappa shape index (κ2) is 8.61. The minimum atomic E-state index is 0. The second-order valence-corrected chi connectivity index (χ2v) is 1.87. The standard InChI is InChI=1S/C6H3ClN2.CH4.2ClH/c7-6-2-1-5(3-8)4-9-6;;;/h1-2,4H;1H4;2*1H. The lowest BCUT2D eigenvalue weighted by atomic mass is 10.3. The van der Waals surface area contributed by atoms with E-state index in [0.29, 0.717) is 10.7 Å². The molecule has 0 fully saturated rings. The summed E-state index contributed by atoms with van der Waals surface area (Å²) in [6.07, 6.45) is 1.43. The first-order valence-electron chi connectivity index (χ1n) is 2.34. The molecular weight excluding hydrogens is 218 g/mol. The molecule has 0 saturated heterocycles. The molecule has 0 amide bonds. The highest BCUT2D eigenvalue weighted by molar-refractivity contribution is 6.29. The highest BCUT2D eigenvalue weighted by Gasteiger charge is 1.87. The van der Waals surface area contributed by atoms with Crippen molar-refractivity contribution >= 4 is 36.4 Å². The van der Waals surface area contributed by atoms with E-state index in [1.807, 2.05) is 6.07 Å². The highest BCUT2D eigenvalue weighted by Crippen LogP contribution is 2.02. The van der Waals surface area contributed by atoms with Crippen molar-refractivity contribution in [1.29, 1.82) is 5.26 Å². The summed E-state index contributed by atoms with van der Waals surface area (Å²) in [5, 5.41) is 8.71. The van der Waals surface area contributed by atoms with Gasteiger partial charge in [0.15, 0.2) is 0 Å². The maximum Gasteiger partial charge on any atom is 0.129 e. The van der Waals surface area contributed by atoms with Gasteiger partial charge in [-0.15, -0.1) is 24.8 Å². The third kappa shape index (κ3) is 5.20. The Kier molecular flexibility index (Phi) is 12.6. The van der Waals surface area contributed by atoms with E-state index in [9.17, 15) is 0 Å². The van der Waals surface area contributed by atoms with Gasteiger partial charge in [0.05, 0.1) is 5.56 Å². The Morgan fingerprint density at radius 2 is 1.92 bits per heavy atom. The monoisotopic (exact) mass is 226 g/mol. The fourth-order valence-electron chi connectivity index (χ4n) is 0.442. The highest BCUT2D eigenvalue weighted by atomic mass is 35.5. The molecule has 68 valence electrons. The second-order valence-electron chi connectivity index (χ2n) is 1.48. The van der Waals surface area contributed by atoms with Crippen LogP contribution in [0.25, 0.3) is 0 Å². The van der Waals surface area contributed by atoms with E-state index >= 15 is 0 Å². The molecule has 0 aromatic carbocycles.